The lowest BCUT2D eigenvalue weighted by Gasteiger charge is -2.25. The van der Waals surface area contributed by atoms with Gasteiger partial charge in [0.2, 0.25) is 0 Å². The van der Waals surface area contributed by atoms with E-state index in [9.17, 15) is 19.2 Å². The van der Waals surface area contributed by atoms with Gasteiger partial charge in [-0.3, -0.25) is 14.5 Å². The van der Waals surface area contributed by atoms with E-state index in [4.69, 9.17) is 41.1 Å². The maximum Gasteiger partial charge on any atom is 0.500 e. The average molecular weight is 733 g/mol. The van der Waals surface area contributed by atoms with Crippen molar-refractivity contribution < 1.29 is 63.4 Å². The first-order valence-corrected chi connectivity index (χ1v) is 19.4. The highest BCUT2D eigenvalue weighted by Gasteiger charge is 2.38. The molecule has 0 aromatic rings. The fourth-order valence-electron chi connectivity index (χ4n) is 3.51. The molecule has 0 aromatic carbocycles. The van der Waals surface area contributed by atoms with Crippen LogP contribution < -0.4 is 5.73 Å². The molecule has 2 N–H and O–H groups in total. The average Bonchev–Trinajstić information content (AvgIpc) is 3.63. The molecule has 2 heterocycles. The first-order chi connectivity index (χ1) is 22.2. The van der Waals surface area contributed by atoms with Crippen LogP contribution in [0, 0.1) is 0 Å². The van der Waals surface area contributed by atoms with E-state index in [0.717, 1.165) is 31.7 Å². The van der Waals surface area contributed by atoms with Gasteiger partial charge >= 0.3 is 29.5 Å². The Kier molecular flexibility index (Phi) is 31.5. The number of nitrogens with two attached hydrogens (primary N) is 1. The summed E-state index contributed by atoms with van der Waals surface area (Å²) in [6.07, 6.45) is 6.19. The van der Waals surface area contributed by atoms with Crippen LogP contribution in [0.25, 0.3) is 0 Å². The van der Waals surface area contributed by atoms with E-state index in [0.29, 0.717) is 25.6 Å². The molecule has 0 spiro atoms. The molecule has 0 aromatic heterocycles. The van der Waals surface area contributed by atoms with Crippen molar-refractivity contribution in [3.8, 4) is 0 Å². The molecule has 1 unspecified atom stereocenters. The standard InChI is InChI=1S/C10H17NO5Si.C6H17NO3Si.C6H15N.C4H2O3.CH4O3S/c1-14-17(15-2,16-3)8-4-7-11-9(12)5-6-10(11)13;1-8-11(9-2,10-3)6-4-5-7;1-4-7(5-2)6-3;5-3-1-2-4(6)7-3;1-4-5(2)3/h5-6H,4,7-8H2,1-3H3;4-7H2,1-3H3;4-6H2,1-3H3;1-2H;1H3,(H,2,3)/p-1. The van der Waals surface area contributed by atoms with Gasteiger partial charge in [-0.05, 0) is 39.0 Å². The summed E-state index contributed by atoms with van der Waals surface area (Å²) in [7, 11) is 5.59. The van der Waals surface area contributed by atoms with Crippen LogP contribution in [0.3, 0.4) is 0 Å². The smallest absolute Gasteiger partial charge is 0.500 e. The summed E-state index contributed by atoms with van der Waals surface area (Å²) in [5.74, 6) is -1.70. The molecule has 2 amide bonds. The number of nitrogens with zero attached hydrogens (tertiary/aromatic N) is 2. The number of hydrogen-bond acceptors (Lipinski definition) is 16. The highest BCUT2D eigenvalue weighted by molar-refractivity contribution is 7.74. The summed E-state index contributed by atoms with van der Waals surface area (Å²) in [5, 5.41) is 0. The maximum atomic E-state index is 11.3. The monoisotopic (exact) mass is 732 g/mol. The fourth-order valence-corrected chi connectivity index (χ4v) is 6.96. The summed E-state index contributed by atoms with van der Waals surface area (Å²) in [6.45, 7) is 11.1. The number of amides is 2. The molecule has 47 heavy (non-hydrogen) atoms. The Hall–Kier alpha value is -2.06. The van der Waals surface area contributed by atoms with Crippen LogP contribution in [0.5, 0.6) is 0 Å². The van der Waals surface area contributed by atoms with Gasteiger partial charge in [-0.1, -0.05) is 20.8 Å². The first-order valence-electron chi connectivity index (χ1n) is 14.6. The summed E-state index contributed by atoms with van der Waals surface area (Å²) in [6, 6.07) is 1.35. The molecular weight excluding hydrogens is 679 g/mol. The van der Waals surface area contributed by atoms with Crippen molar-refractivity contribution in [1.29, 1.82) is 0 Å². The van der Waals surface area contributed by atoms with Gasteiger partial charge in [0.05, 0.1) is 18.5 Å². The topological polar surface area (TPSA) is 215 Å². The van der Waals surface area contributed by atoms with E-state index in [2.05, 4.69) is 34.6 Å². The van der Waals surface area contributed by atoms with Crippen molar-refractivity contribution >= 4 is 52.7 Å². The minimum absolute atomic E-state index is 0.269. The molecule has 20 heteroatoms. The zero-order valence-electron chi connectivity index (χ0n) is 29.3. The maximum absolute atomic E-state index is 11.3. The number of ether oxygens (including phenoxy) is 1. The largest absolute Gasteiger partial charge is 0.750 e. The summed E-state index contributed by atoms with van der Waals surface area (Å²) in [4.78, 5) is 46.0. The number of hydrogen-bond donors (Lipinski definition) is 1. The minimum atomic E-state index is -2.60. The van der Waals surface area contributed by atoms with Crippen LogP contribution in [0.2, 0.25) is 12.1 Å². The van der Waals surface area contributed by atoms with Crippen LogP contribution in [-0.4, -0.2) is 142 Å². The molecule has 2 aliphatic heterocycles. The van der Waals surface area contributed by atoms with Crippen molar-refractivity contribution in [1.82, 2.24) is 9.80 Å². The molecule has 0 radical (unpaired) electrons. The molecule has 2 rings (SSSR count). The quantitative estimate of drug-likeness (QED) is 0.0719. The number of cyclic esters (lactones) is 2. The third-order valence-corrected chi connectivity index (χ3v) is 12.3. The number of carbonyl (C=O) groups is 4. The van der Waals surface area contributed by atoms with E-state index >= 15 is 0 Å². The van der Waals surface area contributed by atoms with Crippen LogP contribution in [-0.2, 0) is 66.0 Å². The van der Waals surface area contributed by atoms with Gasteiger partial charge in [-0.2, -0.15) is 0 Å². The highest BCUT2D eigenvalue weighted by atomic mass is 32.2. The Morgan fingerprint density at radius 1 is 0.723 bits per heavy atom. The Balaban J connectivity index is -0.000000556. The third-order valence-electron chi connectivity index (χ3n) is 6.35. The van der Waals surface area contributed by atoms with Gasteiger partial charge in [0.1, 0.15) is 0 Å². The third kappa shape index (κ3) is 23.0. The van der Waals surface area contributed by atoms with Gasteiger partial charge < -0.3 is 50.7 Å². The van der Waals surface area contributed by atoms with E-state index in [1.54, 1.807) is 21.3 Å². The van der Waals surface area contributed by atoms with Crippen molar-refractivity contribution in [3.05, 3.63) is 24.3 Å². The van der Waals surface area contributed by atoms with Gasteiger partial charge in [0, 0.05) is 85.6 Å². The lowest BCUT2D eigenvalue weighted by Crippen LogP contribution is -2.43. The molecule has 0 fully saturated rings. The van der Waals surface area contributed by atoms with Gasteiger partial charge in [0.25, 0.3) is 11.8 Å². The molecular formula is C27H54N3O14SSi2-. The molecule has 1 atom stereocenters. The first kappa shape index (κ1) is 49.3. The Morgan fingerprint density at radius 2 is 1.06 bits per heavy atom. The Morgan fingerprint density at radius 3 is 1.28 bits per heavy atom. The molecule has 0 aliphatic carbocycles. The van der Waals surface area contributed by atoms with Crippen molar-refractivity contribution in [2.75, 3.05) is 82.5 Å². The minimum Gasteiger partial charge on any atom is -0.750 e. The lowest BCUT2D eigenvalue weighted by molar-refractivity contribution is -0.150. The second-order valence-corrected chi connectivity index (χ2v) is 15.7. The van der Waals surface area contributed by atoms with E-state index in [1.807, 2.05) is 0 Å². The zero-order chi connectivity index (χ0) is 36.9. The second-order valence-electron chi connectivity index (χ2n) is 8.81. The van der Waals surface area contributed by atoms with Gasteiger partial charge in [-0.15, -0.1) is 0 Å². The molecule has 0 bridgehead atoms. The normalized spacial score (nSPS) is 14.4. The summed E-state index contributed by atoms with van der Waals surface area (Å²) < 4.78 is 57.2. The zero-order valence-corrected chi connectivity index (χ0v) is 32.1. The van der Waals surface area contributed by atoms with E-state index in [1.165, 1.54) is 58.0 Å². The second kappa shape index (κ2) is 30.0. The lowest BCUT2D eigenvalue weighted by atomic mass is 10.4. The molecule has 0 saturated carbocycles. The molecule has 17 nitrogen and oxygen atoms in total. The van der Waals surface area contributed by atoms with Crippen LogP contribution >= 0.6 is 0 Å². The number of esters is 2. The van der Waals surface area contributed by atoms with Gasteiger partial charge in [0.15, 0.2) is 0 Å². The summed E-state index contributed by atoms with van der Waals surface area (Å²) in [5.41, 5.74) is 5.36. The number of carbonyl (C=O) groups excluding carboxylic acids is 4. The summed E-state index contributed by atoms with van der Waals surface area (Å²) >= 11 is -2.32. The van der Waals surface area contributed by atoms with Crippen molar-refractivity contribution in [2.45, 2.75) is 45.7 Å². The van der Waals surface area contributed by atoms with Crippen LogP contribution in [0.4, 0.5) is 0 Å². The van der Waals surface area contributed by atoms with E-state index < -0.39 is 40.9 Å². The predicted molar refractivity (Wildman–Crippen MR) is 177 cm³/mol. The highest BCUT2D eigenvalue weighted by Crippen LogP contribution is 2.16. The van der Waals surface area contributed by atoms with E-state index in [-0.39, 0.29) is 11.8 Å². The van der Waals surface area contributed by atoms with Crippen molar-refractivity contribution in [3.63, 3.8) is 0 Å². The SMILES string of the molecule is CCN(CC)CC.COS(=O)[O-].CO[Si](CCCN)(OC)OC.CO[Si](CCCN1C(=O)C=CC1=O)(OC)OC.O=C1C=CC(=O)O1. The Bertz CT molecular complexity index is 907. The molecule has 0 saturated heterocycles. The van der Waals surface area contributed by atoms with Gasteiger partial charge in [-0.25, -0.2) is 13.8 Å². The molecule has 276 valence electrons. The number of imide groups is 1. The number of rotatable bonds is 17. The van der Waals surface area contributed by atoms with Crippen molar-refractivity contribution in [2.24, 2.45) is 5.73 Å². The van der Waals surface area contributed by atoms with Crippen LogP contribution in [0.1, 0.15) is 33.6 Å². The Labute approximate surface area is 283 Å². The fraction of sp³-hybridized carbons (Fsp3) is 0.704. The molecule has 2 aliphatic rings. The van der Waals surface area contributed by atoms with Crippen LogP contribution in [0.15, 0.2) is 24.3 Å². The predicted octanol–water partition coefficient (Wildman–Crippen LogP) is 0.794.